The molecule has 2 bridgehead atoms. The molecule has 0 aromatic rings. The molecule has 19 heavy (non-hydrogen) atoms. The van der Waals surface area contributed by atoms with Crippen LogP contribution in [0.3, 0.4) is 0 Å². The van der Waals surface area contributed by atoms with Gasteiger partial charge < -0.3 is 29.2 Å². The quantitative estimate of drug-likeness (QED) is 0.629. The van der Waals surface area contributed by atoms with Crippen LogP contribution in [0, 0.1) is 0 Å². The van der Waals surface area contributed by atoms with E-state index in [1.165, 1.54) is 0 Å². The fraction of sp³-hybridized carbons (Fsp3) is 1.00. The maximum Gasteiger partial charge on any atom is 0.215 e. The van der Waals surface area contributed by atoms with Gasteiger partial charge >= 0.3 is 0 Å². The molecular formula is C12H24O6Si. The minimum Gasteiger partial charge on any atom is -0.387 e. The summed E-state index contributed by atoms with van der Waals surface area (Å²) in [5, 5.41) is 29.7. The Labute approximate surface area is 114 Å². The Morgan fingerprint density at radius 2 is 1.74 bits per heavy atom. The van der Waals surface area contributed by atoms with Crippen molar-refractivity contribution in [1.29, 1.82) is 0 Å². The number of aliphatic hydroxyl groups is 3. The summed E-state index contributed by atoms with van der Waals surface area (Å²) in [6.45, 7) is 10.3. The summed E-state index contributed by atoms with van der Waals surface area (Å²) in [5.74, 6) is -1.37. The van der Waals surface area contributed by atoms with Gasteiger partial charge in [-0.2, -0.15) is 0 Å². The molecule has 2 heterocycles. The van der Waals surface area contributed by atoms with Crippen LogP contribution < -0.4 is 0 Å². The van der Waals surface area contributed by atoms with Gasteiger partial charge in [0.2, 0.25) is 5.79 Å². The molecule has 0 spiro atoms. The van der Waals surface area contributed by atoms with Gasteiger partial charge in [0, 0.05) is 0 Å². The monoisotopic (exact) mass is 292 g/mol. The second-order valence-corrected chi connectivity index (χ2v) is 11.6. The van der Waals surface area contributed by atoms with Crippen molar-refractivity contribution in [3.8, 4) is 0 Å². The fourth-order valence-electron chi connectivity index (χ4n) is 2.09. The van der Waals surface area contributed by atoms with Crippen molar-refractivity contribution < 1.29 is 29.2 Å². The van der Waals surface area contributed by atoms with Crippen LogP contribution >= 0.6 is 0 Å². The first kappa shape index (κ1) is 15.4. The molecule has 2 rings (SSSR count). The van der Waals surface area contributed by atoms with E-state index in [9.17, 15) is 15.3 Å². The van der Waals surface area contributed by atoms with Gasteiger partial charge in [-0.15, -0.1) is 0 Å². The van der Waals surface area contributed by atoms with Crippen molar-refractivity contribution in [3.05, 3.63) is 0 Å². The van der Waals surface area contributed by atoms with E-state index in [4.69, 9.17) is 13.9 Å². The van der Waals surface area contributed by atoms with Gasteiger partial charge in [-0.3, -0.25) is 0 Å². The molecule has 0 aliphatic carbocycles. The van der Waals surface area contributed by atoms with E-state index >= 15 is 0 Å². The van der Waals surface area contributed by atoms with Crippen molar-refractivity contribution in [2.24, 2.45) is 0 Å². The number of hydrogen-bond donors (Lipinski definition) is 3. The highest BCUT2D eigenvalue weighted by Gasteiger charge is 2.62. The van der Waals surface area contributed by atoms with E-state index in [2.05, 4.69) is 20.8 Å². The lowest BCUT2D eigenvalue weighted by atomic mass is 9.98. The van der Waals surface area contributed by atoms with Crippen molar-refractivity contribution in [2.75, 3.05) is 6.61 Å². The van der Waals surface area contributed by atoms with Crippen LogP contribution in [0.4, 0.5) is 0 Å². The van der Waals surface area contributed by atoms with Gasteiger partial charge in [0.25, 0.3) is 0 Å². The Hall–Kier alpha value is -0.0231. The Morgan fingerprint density at radius 3 is 2.26 bits per heavy atom. The maximum atomic E-state index is 10.2. The van der Waals surface area contributed by atoms with Crippen LogP contribution in [-0.4, -0.2) is 60.6 Å². The van der Waals surface area contributed by atoms with Crippen LogP contribution in [0.5, 0.6) is 0 Å². The third-order valence-electron chi connectivity index (χ3n) is 4.40. The van der Waals surface area contributed by atoms with Gasteiger partial charge in [-0.25, -0.2) is 0 Å². The fourth-order valence-corrected chi connectivity index (χ4v) is 3.49. The topological polar surface area (TPSA) is 88.4 Å². The smallest absolute Gasteiger partial charge is 0.215 e. The van der Waals surface area contributed by atoms with Crippen molar-refractivity contribution in [2.45, 2.75) is 69.3 Å². The summed E-state index contributed by atoms with van der Waals surface area (Å²) in [6, 6.07) is 0. The van der Waals surface area contributed by atoms with E-state index in [0.717, 1.165) is 0 Å². The molecule has 7 heteroatoms. The first-order valence-corrected chi connectivity index (χ1v) is 9.45. The zero-order valence-corrected chi connectivity index (χ0v) is 13.1. The molecule has 2 fully saturated rings. The highest BCUT2D eigenvalue weighted by Crippen LogP contribution is 2.45. The minimum atomic E-state index is -2.21. The third kappa shape index (κ3) is 2.37. The Kier molecular flexibility index (Phi) is 3.63. The number of hydrogen-bond acceptors (Lipinski definition) is 6. The van der Waals surface area contributed by atoms with Crippen LogP contribution in [0.1, 0.15) is 20.8 Å². The van der Waals surface area contributed by atoms with Crippen LogP contribution in [0.2, 0.25) is 18.1 Å². The van der Waals surface area contributed by atoms with Gasteiger partial charge in [-0.1, -0.05) is 20.8 Å². The van der Waals surface area contributed by atoms with E-state index in [1.54, 1.807) is 0 Å². The second-order valence-electron chi connectivity index (χ2n) is 6.90. The number of rotatable bonds is 2. The van der Waals surface area contributed by atoms with Crippen molar-refractivity contribution in [1.82, 2.24) is 0 Å². The first-order valence-electron chi connectivity index (χ1n) is 6.54. The average Bonchev–Trinajstić information content (AvgIpc) is 2.65. The summed E-state index contributed by atoms with van der Waals surface area (Å²) in [6.07, 6.45) is -4.85. The summed E-state index contributed by atoms with van der Waals surface area (Å²) in [4.78, 5) is 0. The van der Waals surface area contributed by atoms with E-state index < -0.39 is 38.7 Å². The van der Waals surface area contributed by atoms with Gasteiger partial charge in [0.05, 0.1) is 0 Å². The lowest BCUT2D eigenvalue weighted by Crippen LogP contribution is -2.65. The molecular weight excluding hydrogens is 268 g/mol. The molecule has 0 amide bonds. The lowest BCUT2D eigenvalue weighted by molar-refractivity contribution is -0.314. The van der Waals surface area contributed by atoms with Gasteiger partial charge in [0.1, 0.15) is 24.9 Å². The number of fused-ring (bicyclic) bond motifs is 2. The highest BCUT2D eigenvalue weighted by atomic mass is 28.4. The predicted molar refractivity (Wildman–Crippen MR) is 69.9 cm³/mol. The molecule has 6 nitrogen and oxygen atoms in total. The minimum absolute atomic E-state index is 0.0134. The van der Waals surface area contributed by atoms with Crippen LogP contribution in [0.15, 0.2) is 0 Å². The summed E-state index contributed by atoms with van der Waals surface area (Å²) < 4.78 is 17.0. The Bertz CT molecular complexity index is 355. The molecule has 0 saturated carbocycles. The molecule has 5 atom stereocenters. The zero-order chi connectivity index (χ0) is 14.6. The normalized spacial score (nSPS) is 43.6. The standard InChI is InChI=1S/C12H24O6Si/c1-11(2,3)19(4,5)18-12-6-16-10(17-12)8(14)7(13)9(12)15/h7-10,13-15H,6H2,1-5H3/t7-,8-,9+,10+,12-/m1/s1. The third-order valence-corrected chi connectivity index (χ3v) is 8.87. The maximum absolute atomic E-state index is 10.2. The average molecular weight is 292 g/mol. The Balaban J connectivity index is 2.25. The molecule has 0 radical (unpaired) electrons. The zero-order valence-electron chi connectivity index (χ0n) is 12.1. The molecule has 0 aromatic heterocycles. The summed E-state index contributed by atoms with van der Waals surface area (Å²) in [5.41, 5.74) is 0. The summed E-state index contributed by atoms with van der Waals surface area (Å²) >= 11 is 0. The summed E-state index contributed by atoms with van der Waals surface area (Å²) in [7, 11) is -2.21. The number of ether oxygens (including phenoxy) is 2. The Morgan fingerprint density at radius 1 is 1.16 bits per heavy atom. The van der Waals surface area contributed by atoms with Gasteiger partial charge in [-0.05, 0) is 18.1 Å². The highest BCUT2D eigenvalue weighted by molar-refractivity contribution is 6.74. The largest absolute Gasteiger partial charge is 0.387 e. The SMILES string of the molecule is CC(C)(C)[Si](C)(C)O[C@@]12CO[C@@H](O1)[C@H](O)[C@@H](O)[C@@H]2O. The van der Waals surface area contributed by atoms with E-state index in [0.29, 0.717) is 0 Å². The first-order chi connectivity index (χ1) is 8.50. The second kappa shape index (κ2) is 4.49. The molecule has 0 aromatic carbocycles. The lowest BCUT2D eigenvalue weighted by Gasteiger charge is -2.47. The van der Waals surface area contributed by atoms with E-state index in [1.807, 2.05) is 13.1 Å². The van der Waals surface area contributed by atoms with Crippen molar-refractivity contribution >= 4 is 8.32 Å². The number of aliphatic hydroxyl groups excluding tert-OH is 3. The molecule has 2 aliphatic heterocycles. The van der Waals surface area contributed by atoms with Crippen molar-refractivity contribution in [3.63, 3.8) is 0 Å². The molecule has 3 N–H and O–H groups in total. The van der Waals surface area contributed by atoms with Crippen LogP contribution in [0.25, 0.3) is 0 Å². The van der Waals surface area contributed by atoms with Crippen LogP contribution in [-0.2, 0) is 13.9 Å². The molecule has 112 valence electrons. The molecule has 0 unspecified atom stereocenters. The molecule has 2 aliphatic rings. The molecule has 2 saturated heterocycles. The van der Waals surface area contributed by atoms with Gasteiger partial charge in [0.15, 0.2) is 14.6 Å². The van der Waals surface area contributed by atoms with E-state index in [-0.39, 0.29) is 11.6 Å². The predicted octanol–water partition coefficient (Wildman–Crippen LogP) is 0.174.